The number of amides is 1. The fraction of sp³-hybridized carbons (Fsp3) is 0.267. The van der Waals surface area contributed by atoms with Gasteiger partial charge in [0.1, 0.15) is 5.82 Å². The second-order valence-electron chi connectivity index (χ2n) is 4.14. The number of nitriles is 1. The van der Waals surface area contributed by atoms with Crippen LogP contribution in [0, 0.1) is 23.1 Å². The Morgan fingerprint density at radius 1 is 1.40 bits per heavy atom. The smallest absolute Gasteiger partial charge is 0.245 e. The zero-order valence-electron chi connectivity index (χ0n) is 11.1. The zero-order chi connectivity index (χ0) is 15.0. The lowest BCUT2D eigenvalue weighted by atomic mass is 10.0. The van der Waals surface area contributed by atoms with Crippen LogP contribution in [0.3, 0.4) is 0 Å². The molecule has 0 aliphatic rings. The first-order chi connectivity index (χ1) is 9.58. The van der Waals surface area contributed by atoms with Gasteiger partial charge in [0.2, 0.25) is 5.91 Å². The first kappa shape index (κ1) is 15.6. The van der Waals surface area contributed by atoms with Crippen molar-refractivity contribution < 1.29 is 14.0 Å². The van der Waals surface area contributed by atoms with E-state index in [1.54, 1.807) is 6.07 Å². The number of carbonyl (C=O) groups excluding carboxylic acids is 2. The summed E-state index contributed by atoms with van der Waals surface area (Å²) in [5.41, 5.74) is 0.616. The van der Waals surface area contributed by atoms with Gasteiger partial charge in [-0.15, -0.1) is 0 Å². The highest BCUT2D eigenvalue weighted by atomic mass is 19.1. The lowest BCUT2D eigenvalue weighted by Gasteiger charge is -2.06. The van der Waals surface area contributed by atoms with Gasteiger partial charge >= 0.3 is 0 Å². The van der Waals surface area contributed by atoms with Crippen molar-refractivity contribution in [3.8, 4) is 6.07 Å². The quantitative estimate of drug-likeness (QED) is 0.637. The van der Waals surface area contributed by atoms with Gasteiger partial charge in [0.05, 0.1) is 6.07 Å². The molecule has 0 aliphatic heterocycles. The molecule has 1 aromatic rings. The third-order valence-electron chi connectivity index (χ3n) is 2.54. The van der Waals surface area contributed by atoms with Gasteiger partial charge in [0.15, 0.2) is 11.7 Å². The number of hydrogen-bond acceptors (Lipinski definition) is 3. The van der Waals surface area contributed by atoms with Crippen molar-refractivity contribution >= 4 is 17.8 Å². The van der Waals surface area contributed by atoms with Crippen molar-refractivity contribution in [1.29, 1.82) is 5.26 Å². The lowest BCUT2D eigenvalue weighted by molar-refractivity contribution is -0.129. The Hall–Kier alpha value is -2.48. The van der Waals surface area contributed by atoms with Crippen LogP contribution in [0.1, 0.15) is 18.9 Å². The molecule has 0 aromatic heterocycles. The molecule has 20 heavy (non-hydrogen) atoms. The molecule has 0 saturated heterocycles. The summed E-state index contributed by atoms with van der Waals surface area (Å²) in [5, 5.41) is 11.4. The fourth-order valence-electron chi connectivity index (χ4n) is 1.45. The number of nitrogens with one attached hydrogen (secondary N) is 1. The van der Waals surface area contributed by atoms with E-state index in [0.29, 0.717) is 12.1 Å². The van der Waals surface area contributed by atoms with E-state index in [1.165, 1.54) is 30.3 Å². The standard InChI is InChI=1S/C15H15FN2O2/c1-2-9-18-15(20)13(10-17)14(19)8-5-11-3-6-12(16)7-4-11/h3-8,13H,2,9H2,1H3,(H,18,20)/b8-5+. The minimum absolute atomic E-state index is 0.373. The van der Waals surface area contributed by atoms with Crippen LogP contribution in [0.5, 0.6) is 0 Å². The van der Waals surface area contributed by atoms with E-state index in [9.17, 15) is 14.0 Å². The van der Waals surface area contributed by atoms with Gasteiger partial charge in [-0.2, -0.15) is 5.26 Å². The van der Waals surface area contributed by atoms with E-state index in [1.807, 2.05) is 6.92 Å². The van der Waals surface area contributed by atoms with Gasteiger partial charge in [-0.05, 0) is 30.2 Å². The molecule has 1 atom stereocenters. The Bertz CT molecular complexity index is 544. The Balaban J connectivity index is 2.70. The SMILES string of the molecule is CCCNC(=O)C(C#N)C(=O)/C=C/c1ccc(F)cc1. The topological polar surface area (TPSA) is 70.0 Å². The molecule has 1 unspecified atom stereocenters. The molecule has 0 fully saturated rings. The van der Waals surface area contributed by atoms with Gasteiger partial charge in [0, 0.05) is 6.54 Å². The molecule has 1 aromatic carbocycles. The van der Waals surface area contributed by atoms with E-state index in [2.05, 4.69) is 5.32 Å². The van der Waals surface area contributed by atoms with E-state index in [0.717, 1.165) is 12.5 Å². The third kappa shape index (κ3) is 4.65. The van der Waals surface area contributed by atoms with E-state index >= 15 is 0 Å². The van der Waals surface area contributed by atoms with Crippen molar-refractivity contribution in [2.24, 2.45) is 5.92 Å². The van der Waals surface area contributed by atoms with Crippen molar-refractivity contribution in [3.05, 3.63) is 41.7 Å². The summed E-state index contributed by atoms with van der Waals surface area (Å²) < 4.78 is 12.7. The summed E-state index contributed by atoms with van der Waals surface area (Å²) in [4.78, 5) is 23.4. The third-order valence-corrected chi connectivity index (χ3v) is 2.54. The van der Waals surface area contributed by atoms with Crippen LogP contribution in [0.2, 0.25) is 0 Å². The number of rotatable bonds is 6. The average molecular weight is 274 g/mol. The largest absolute Gasteiger partial charge is 0.355 e. The Morgan fingerprint density at radius 3 is 2.60 bits per heavy atom. The number of benzene rings is 1. The van der Waals surface area contributed by atoms with Crippen molar-refractivity contribution in [3.63, 3.8) is 0 Å². The highest BCUT2D eigenvalue weighted by Gasteiger charge is 2.23. The normalized spacial score (nSPS) is 11.8. The van der Waals surface area contributed by atoms with Gasteiger partial charge in [-0.1, -0.05) is 25.1 Å². The Morgan fingerprint density at radius 2 is 2.05 bits per heavy atom. The molecule has 0 radical (unpaired) electrons. The van der Waals surface area contributed by atoms with Crippen LogP contribution in [0.4, 0.5) is 4.39 Å². The second kappa shape index (κ2) is 7.85. The summed E-state index contributed by atoms with van der Waals surface area (Å²) in [6.45, 7) is 2.30. The van der Waals surface area contributed by atoms with Gasteiger partial charge < -0.3 is 5.32 Å². The monoisotopic (exact) mass is 274 g/mol. The number of nitrogens with zero attached hydrogens (tertiary/aromatic N) is 1. The van der Waals surface area contributed by atoms with Crippen LogP contribution in [-0.2, 0) is 9.59 Å². The molecule has 104 valence electrons. The molecule has 0 saturated carbocycles. The van der Waals surface area contributed by atoms with Crippen LogP contribution in [0.15, 0.2) is 30.3 Å². The predicted molar refractivity (Wildman–Crippen MR) is 72.8 cm³/mol. The van der Waals surface area contributed by atoms with Gasteiger partial charge in [0.25, 0.3) is 0 Å². The Kier molecular flexibility index (Phi) is 6.11. The molecule has 0 spiro atoms. The van der Waals surface area contributed by atoms with Crippen molar-refractivity contribution in [2.45, 2.75) is 13.3 Å². The van der Waals surface area contributed by atoms with Gasteiger partial charge in [-0.25, -0.2) is 4.39 Å². The molecule has 0 heterocycles. The van der Waals surface area contributed by atoms with Crippen LogP contribution in [0.25, 0.3) is 6.08 Å². The zero-order valence-corrected chi connectivity index (χ0v) is 11.1. The first-order valence-electron chi connectivity index (χ1n) is 6.23. The first-order valence-corrected chi connectivity index (χ1v) is 6.23. The van der Waals surface area contributed by atoms with Crippen LogP contribution < -0.4 is 5.32 Å². The molecule has 0 aliphatic carbocycles. The molecule has 1 amide bonds. The van der Waals surface area contributed by atoms with Crippen LogP contribution in [-0.4, -0.2) is 18.2 Å². The summed E-state index contributed by atoms with van der Waals surface area (Å²) in [6, 6.07) is 7.21. The molecule has 1 rings (SSSR count). The number of allylic oxidation sites excluding steroid dienone is 1. The maximum atomic E-state index is 12.7. The molecule has 0 bridgehead atoms. The van der Waals surface area contributed by atoms with E-state index in [4.69, 9.17) is 5.26 Å². The Labute approximate surface area is 116 Å². The summed E-state index contributed by atoms with van der Waals surface area (Å²) >= 11 is 0. The number of ketones is 1. The number of carbonyl (C=O) groups is 2. The lowest BCUT2D eigenvalue weighted by Crippen LogP contribution is -2.34. The number of halogens is 1. The molecule has 5 heteroatoms. The van der Waals surface area contributed by atoms with Crippen molar-refractivity contribution in [1.82, 2.24) is 5.32 Å². The summed E-state index contributed by atoms with van der Waals surface area (Å²) in [5.74, 6) is -2.91. The molecule has 4 nitrogen and oxygen atoms in total. The maximum absolute atomic E-state index is 12.7. The fourth-order valence-corrected chi connectivity index (χ4v) is 1.45. The highest BCUT2D eigenvalue weighted by molar-refractivity contribution is 6.10. The van der Waals surface area contributed by atoms with Gasteiger partial charge in [-0.3, -0.25) is 9.59 Å². The predicted octanol–water partition coefficient (Wildman–Crippen LogP) is 2.07. The minimum Gasteiger partial charge on any atom is -0.355 e. The highest BCUT2D eigenvalue weighted by Crippen LogP contribution is 2.06. The van der Waals surface area contributed by atoms with Crippen LogP contribution >= 0.6 is 0 Å². The second-order valence-corrected chi connectivity index (χ2v) is 4.14. The van der Waals surface area contributed by atoms with Crippen molar-refractivity contribution in [2.75, 3.05) is 6.54 Å². The summed E-state index contributed by atoms with van der Waals surface area (Å²) in [7, 11) is 0. The summed E-state index contributed by atoms with van der Waals surface area (Å²) in [6.07, 6.45) is 3.33. The minimum atomic E-state index is -1.35. The maximum Gasteiger partial charge on any atom is 0.245 e. The molecule has 1 N–H and O–H groups in total. The van der Waals surface area contributed by atoms with E-state index in [-0.39, 0.29) is 5.82 Å². The number of hydrogen-bond donors (Lipinski definition) is 1. The molecular weight excluding hydrogens is 259 g/mol. The average Bonchev–Trinajstić information content (AvgIpc) is 2.45. The van der Waals surface area contributed by atoms with E-state index < -0.39 is 17.6 Å². The molecular formula is C15H15FN2O2.